The molecule has 4 aromatic rings. The maximum Gasteiger partial charge on any atom is 0.339 e. The third-order valence-corrected chi connectivity index (χ3v) is 6.71. The molecule has 1 aliphatic heterocycles. The molecule has 9 heteroatoms. The number of aromatic nitrogens is 2. The standard InChI is InChI=1S/C28H26N4O4S/c1-34-18-13-14-24(35-2)23(17-18)32-26(25(30-28(32)37)20-10-6-7-15-29-20)22-12-8-16-31(22)21-11-5-4-9-19(21)27(33)36-3/h4-17,25-26H,1-3H3,(H,30,37). The largest absolute Gasteiger partial charge is 0.497 e. The number of para-hydroxylation sites is 1. The Morgan fingerprint density at radius 2 is 1.76 bits per heavy atom. The molecule has 37 heavy (non-hydrogen) atoms. The highest BCUT2D eigenvalue weighted by Crippen LogP contribution is 2.46. The van der Waals surface area contributed by atoms with Crippen molar-refractivity contribution < 1.29 is 19.0 Å². The number of nitrogens with one attached hydrogen (secondary N) is 1. The molecule has 0 radical (unpaired) electrons. The van der Waals surface area contributed by atoms with Crippen LogP contribution >= 0.6 is 12.2 Å². The Morgan fingerprint density at radius 1 is 0.946 bits per heavy atom. The highest BCUT2D eigenvalue weighted by Gasteiger charge is 2.43. The second kappa shape index (κ2) is 10.3. The van der Waals surface area contributed by atoms with Crippen LogP contribution in [-0.2, 0) is 4.74 Å². The average Bonchev–Trinajstić information content (AvgIpc) is 3.56. The SMILES string of the molecule is COC(=O)c1ccccc1-n1cccc1C1C(c2ccccn2)NC(=S)N1c1cc(OC)ccc1OC. The first kappa shape index (κ1) is 24.3. The molecule has 2 atom stereocenters. The van der Waals surface area contributed by atoms with E-state index in [0.29, 0.717) is 27.9 Å². The summed E-state index contributed by atoms with van der Waals surface area (Å²) in [6.07, 6.45) is 3.69. The van der Waals surface area contributed by atoms with Crippen molar-refractivity contribution in [1.82, 2.24) is 14.9 Å². The Bertz CT molecular complexity index is 1440. The summed E-state index contributed by atoms with van der Waals surface area (Å²) >= 11 is 5.89. The highest BCUT2D eigenvalue weighted by molar-refractivity contribution is 7.80. The molecule has 3 heterocycles. The molecule has 2 aromatic heterocycles. The zero-order chi connectivity index (χ0) is 25.9. The number of hydrogen-bond acceptors (Lipinski definition) is 6. The molecule has 0 amide bonds. The number of methoxy groups -OCH3 is 3. The van der Waals surface area contributed by atoms with Gasteiger partial charge in [0, 0.05) is 24.2 Å². The fourth-order valence-electron chi connectivity index (χ4n) is 4.72. The van der Waals surface area contributed by atoms with Gasteiger partial charge in [-0.15, -0.1) is 0 Å². The van der Waals surface area contributed by atoms with Gasteiger partial charge < -0.3 is 29.0 Å². The number of pyridine rings is 1. The summed E-state index contributed by atoms with van der Waals surface area (Å²) in [7, 11) is 4.62. The monoisotopic (exact) mass is 514 g/mol. The lowest BCUT2D eigenvalue weighted by molar-refractivity contribution is 0.0600. The molecule has 2 aromatic carbocycles. The van der Waals surface area contributed by atoms with E-state index in [0.717, 1.165) is 17.1 Å². The van der Waals surface area contributed by atoms with Gasteiger partial charge in [-0.2, -0.15) is 0 Å². The second-order valence-corrected chi connectivity index (χ2v) is 8.73. The van der Waals surface area contributed by atoms with Crippen LogP contribution in [0.1, 0.15) is 33.8 Å². The van der Waals surface area contributed by atoms with Crippen LogP contribution < -0.4 is 19.7 Å². The Balaban J connectivity index is 1.72. The van der Waals surface area contributed by atoms with Gasteiger partial charge in [-0.3, -0.25) is 4.98 Å². The van der Waals surface area contributed by atoms with Crippen molar-refractivity contribution in [3.8, 4) is 17.2 Å². The van der Waals surface area contributed by atoms with Crippen molar-refractivity contribution in [2.75, 3.05) is 26.2 Å². The maximum absolute atomic E-state index is 12.6. The van der Waals surface area contributed by atoms with E-state index >= 15 is 0 Å². The molecule has 1 N–H and O–H groups in total. The minimum Gasteiger partial charge on any atom is -0.497 e. The fourth-order valence-corrected chi connectivity index (χ4v) is 5.06. The molecule has 0 bridgehead atoms. The Hall–Kier alpha value is -4.37. The van der Waals surface area contributed by atoms with Crippen LogP contribution in [0.2, 0.25) is 0 Å². The van der Waals surface area contributed by atoms with E-state index in [1.54, 1.807) is 26.5 Å². The van der Waals surface area contributed by atoms with Gasteiger partial charge in [0.15, 0.2) is 5.11 Å². The number of benzene rings is 2. The predicted octanol–water partition coefficient (Wildman–Crippen LogP) is 4.85. The van der Waals surface area contributed by atoms with Crippen LogP contribution in [0.5, 0.6) is 11.5 Å². The van der Waals surface area contributed by atoms with Gasteiger partial charge in [0.05, 0.1) is 50.0 Å². The van der Waals surface area contributed by atoms with E-state index in [1.165, 1.54) is 7.11 Å². The smallest absolute Gasteiger partial charge is 0.339 e. The first-order valence-corrected chi connectivity index (χ1v) is 12.1. The quantitative estimate of drug-likeness (QED) is 0.277. The lowest BCUT2D eigenvalue weighted by Crippen LogP contribution is -2.30. The normalized spacial score (nSPS) is 16.8. The molecule has 1 saturated heterocycles. The molecule has 188 valence electrons. The van der Waals surface area contributed by atoms with Gasteiger partial charge in [-0.1, -0.05) is 18.2 Å². The van der Waals surface area contributed by atoms with Crippen molar-refractivity contribution >= 4 is 29.0 Å². The molecule has 5 rings (SSSR count). The minimum atomic E-state index is -0.414. The minimum absolute atomic E-state index is 0.288. The van der Waals surface area contributed by atoms with E-state index < -0.39 is 5.97 Å². The number of rotatable bonds is 7. The molecule has 2 unspecified atom stereocenters. The van der Waals surface area contributed by atoms with Gasteiger partial charge in [0.1, 0.15) is 17.5 Å². The Labute approximate surface area is 220 Å². The van der Waals surface area contributed by atoms with Gasteiger partial charge in [0.2, 0.25) is 0 Å². The van der Waals surface area contributed by atoms with Crippen LogP contribution in [0.15, 0.2) is 85.2 Å². The lowest BCUT2D eigenvalue weighted by Gasteiger charge is -2.30. The summed E-state index contributed by atoms with van der Waals surface area (Å²) < 4.78 is 18.3. The number of hydrogen-bond donors (Lipinski definition) is 1. The van der Waals surface area contributed by atoms with Crippen LogP contribution in [0.25, 0.3) is 5.69 Å². The predicted molar refractivity (Wildman–Crippen MR) is 145 cm³/mol. The van der Waals surface area contributed by atoms with Gasteiger partial charge >= 0.3 is 5.97 Å². The number of nitrogens with zero attached hydrogens (tertiary/aromatic N) is 3. The summed E-state index contributed by atoms with van der Waals surface area (Å²) in [5.41, 5.74) is 3.62. The van der Waals surface area contributed by atoms with Crippen LogP contribution in [0.3, 0.4) is 0 Å². The molecule has 8 nitrogen and oxygen atoms in total. The van der Waals surface area contributed by atoms with E-state index in [4.69, 9.17) is 26.4 Å². The second-order valence-electron chi connectivity index (χ2n) is 8.35. The summed E-state index contributed by atoms with van der Waals surface area (Å²) in [5.74, 6) is 0.901. The van der Waals surface area contributed by atoms with Crippen molar-refractivity contribution in [3.63, 3.8) is 0 Å². The molecular weight excluding hydrogens is 488 g/mol. The van der Waals surface area contributed by atoms with E-state index in [-0.39, 0.29) is 12.1 Å². The van der Waals surface area contributed by atoms with Crippen molar-refractivity contribution in [1.29, 1.82) is 0 Å². The first-order valence-electron chi connectivity index (χ1n) is 11.6. The third-order valence-electron chi connectivity index (χ3n) is 6.40. The van der Waals surface area contributed by atoms with Gasteiger partial charge in [0.25, 0.3) is 0 Å². The fraction of sp³-hybridized carbons (Fsp3) is 0.179. The molecule has 0 saturated carbocycles. The summed E-state index contributed by atoms with van der Waals surface area (Å²) in [6.45, 7) is 0. The number of ether oxygens (including phenoxy) is 3. The van der Waals surface area contributed by atoms with Gasteiger partial charge in [-0.25, -0.2) is 4.79 Å². The maximum atomic E-state index is 12.6. The van der Waals surface area contributed by atoms with Crippen molar-refractivity contribution in [3.05, 3.63) is 102 Å². The Morgan fingerprint density at radius 3 is 2.49 bits per heavy atom. The lowest BCUT2D eigenvalue weighted by atomic mass is 10.00. The molecule has 0 spiro atoms. The summed E-state index contributed by atoms with van der Waals surface area (Å²) in [5, 5.41) is 3.98. The number of anilines is 1. The van der Waals surface area contributed by atoms with Crippen molar-refractivity contribution in [2.24, 2.45) is 0 Å². The molecule has 1 aliphatic rings. The number of thiocarbonyl (C=S) groups is 1. The molecular formula is C28H26N4O4S. The molecule has 0 aliphatic carbocycles. The number of carbonyl (C=O) groups excluding carboxylic acids is 1. The zero-order valence-corrected chi connectivity index (χ0v) is 21.4. The molecule has 1 fully saturated rings. The Kier molecular flexibility index (Phi) is 6.78. The van der Waals surface area contributed by atoms with Crippen molar-refractivity contribution in [2.45, 2.75) is 12.1 Å². The number of esters is 1. The van der Waals surface area contributed by atoms with Gasteiger partial charge in [-0.05, 0) is 60.7 Å². The third kappa shape index (κ3) is 4.38. The highest BCUT2D eigenvalue weighted by atomic mass is 32.1. The number of carbonyl (C=O) groups is 1. The first-order chi connectivity index (χ1) is 18.1. The van der Waals surface area contributed by atoms with Crippen LogP contribution in [0.4, 0.5) is 5.69 Å². The topological polar surface area (TPSA) is 77.9 Å². The van der Waals surface area contributed by atoms with E-state index in [9.17, 15) is 4.79 Å². The van der Waals surface area contributed by atoms with E-state index in [1.807, 2.05) is 82.4 Å². The van der Waals surface area contributed by atoms with Crippen LogP contribution in [0, 0.1) is 0 Å². The summed E-state index contributed by atoms with van der Waals surface area (Å²) in [6, 6.07) is 22.1. The average molecular weight is 515 g/mol. The van der Waals surface area contributed by atoms with Crippen LogP contribution in [-0.4, -0.2) is 42.0 Å². The van der Waals surface area contributed by atoms with E-state index in [2.05, 4.69) is 10.3 Å². The zero-order valence-electron chi connectivity index (χ0n) is 20.6. The summed E-state index contributed by atoms with van der Waals surface area (Å²) in [4.78, 5) is 19.3.